The Morgan fingerprint density at radius 2 is 1.15 bits per heavy atom. The lowest BCUT2D eigenvalue weighted by Gasteiger charge is -2.36. The van der Waals surface area contributed by atoms with Crippen molar-refractivity contribution in [2.75, 3.05) is 14.1 Å². The minimum Gasteiger partial charge on any atom is -0.323 e. The molecule has 0 spiro atoms. The summed E-state index contributed by atoms with van der Waals surface area (Å²) in [5, 5.41) is 0. The Balaban J connectivity index is 1.99. The SMILES string of the molecule is CCCCCCCCCCCCCCC(C)[N+](C)(C)Cc1ccccc1. The maximum Gasteiger partial charge on any atom is 0.104 e. The maximum atomic E-state index is 2.43. The van der Waals surface area contributed by atoms with Gasteiger partial charge in [0.15, 0.2) is 0 Å². The molecule has 0 aliphatic rings. The third kappa shape index (κ3) is 11.0. The molecule has 1 aromatic rings. The van der Waals surface area contributed by atoms with Crippen molar-refractivity contribution in [1.82, 2.24) is 0 Å². The fourth-order valence-electron chi connectivity index (χ4n) is 3.84. The van der Waals surface area contributed by atoms with E-state index in [-0.39, 0.29) is 0 Å². The van der Waals surface area contributed by atoms with Gasteiger partial charge in [-0.05, 0) is 19.8 Å². The van der Waals surface area contributed by atoms with Crippen molar-refractivity contribution in [1.29, 1.82) is 0 Å². The summed E-state index contributed by atoms with van der Waals surface area (Å²) >= 11 is 0. The molecule has 26 heavy (non-hydrogen) atoms. The zero-order chi connectivity index (χ0) is 19.1. The molecule has 0 bridgehead atoms. The molecule has 0 fully saturated rings. The van der Waals surface area contributed by atoms with Crippen molar-refractivity contribution in [2.45, 2.75) is 110 Å². The van der Waals surface area contributed by atoms with Crippen molar-refractivity contribution in [3.8, 4) is 0 Å². The van der Waals surface area contributed by atoms with Crippen LogP contribution in [-0.4, -0.2) is 24.6 Å². The van der Waals surface area contributed by atoms with Crippen LogP contribution in [0.5, 0.6) is 0 Å². The molecule has 0 saturated carbocycles. The monoisotopic (exact) mass is 360 g/mol. The molecule has 1 nitrogen and oxygen atoms in total. The van der Waals surface area contributed by atoms with Crippen LogP contribution in [0.15, 0.2) is 30.3 Å². The second-order valence-electron chi connectivity index (χ2n) is 8.95. The minimum atomic E-state index is 0.735. The molecule has 0 amide bonds. The van der Waals surface area contributed by atoms with Gasteiger partial charge < -0.3 is 4.48 Å². The summed E-state index contributed by atoms with van der Waals surface area (Å²) in [5.74, 6) is 0. The van der Waals surface area contributed by atoms with Gasteiger partial charge in [-0.1, -0.05) is 108 Å². The number of hydrogen-bond donors (Lipinski definition) is 0. The van der Waals surface area contributed by atoms with Gasteiger partial charge in [-0.15, -0.1) is 0 Å². The van der Waals surface area contributed by atoms with E-state index < -0.39 is 0 Å². The molecule has 0 aromatic heterocycles. The predicted octanol–water partition coefficient (Wildman–Crippen LogP) is 7.74. The van der Waals surface area contributed by atoms with Gasteiger partial charge in [0.25, 0.3) is 0 Å². The van der Waals surface area contributed by atoms with Crippen molar-refractivity contribution in [2.24, 2.45) is 0 Å². The number of hydrogen-bond acceptors (Lipinski definition) is 0. The van der Waals surface area contributed by atoms with Crippen LogP contribution in [0.3, 0.4) is 0 Å². The molecule has 0 heterocycles. The molecular formula is C25H46N+. The number of unbranched alkanes of at least 4 members (excludes halogenated alkanes) is 11. The first kappa shape index (κ1) is 23.2. The van der Waals surface area contributed by atoms with Gasteiger partial charge in [0.1, 0.15) is 6.54 Å². The molecule has 1 aromatic carbocycles. The second kappa shape index (κ2) is 14.3. The van der Waals surface area contributed by atoms with E-state index in [1.807, 2.05) is 0 Å². The molecule has 1 heteroatoms. The molecule has 0 aliphatic carbocycles. The van der Waals surface area contributed by atoms with E-state index in [2.05, 4.69) is 58.3 Å². The van der Waals surface area contributed by atoms with Gasteiger partial charge in [0.05, 0.1) is 20.1 Å². The summed E-state index contributed by atoms with van der Waals surface area (Å²) in [6.45, 7) is 5.87. The summed E-state index contributed by atoms with van der Waals surface area (Å²) in [6.07, 6.45) is 18.6. The van der Waals surface area contributed by atoms with Crippen molar-refractivity contribution in [3.05, 3.63) is 35.9 Å². The summed E-state index contributed by atoms with van der Waals surface area (Å²) < 4.78 is 1.10. The van der Waals surface area contributed by atoms with Crippen LogP contribution in [0.25, 0.3) is 0 Å². The average molecular weight is 361 g/mol. The number of rotatable bonds is 16. The lowest BCUT2D eigenvalue weighted by molar-refractivity contribution is -0.926. The third-order valence-corrected chi connectivity index (χ3v) is 6.10. The molecule has 1 rings (SSSR count). The third-order valence-electron chi connectivity index (χ3n) is 6.10. The van der Waals surface area contributed by atoms with E-state index in [4.69, 9.17) is 0 Å². The Bertz CT molecular complexity index is 423. The highest BCUT2D eigenvalue weighted by atomic mass is 15.3. The summed E-state index contributed by atoms with van der Waals surface area (Å²) in [7, 11) is 4.77. The minimum absolute atomic E-state index is 0.735. The van der Waals surface area contributed by atoms with E-state index in [0.29, 0.717) is 0 Å². The highest BCUT2D eigenvalue weighted by Crippen LogP contribution is 2.19. The standard InChI is InChI=1S/C25H46N/c1-5-6-7-8-9-10-11-12-13-14-15-17-20-24(2)26(3,4)23-25-21-18-16-19-22-25/h16,18-19,21-22,24H,5-15,17,20,23H2,1-4H3/q+1. The van der Waals surface area contributed by atoms with Crippen LogP contribution in [-0.2, 0) is 6.54 Å². The lowest BCUT2D eigenvalue weighted by Crippen LogP contribution is -2.46. The first-order valence-electron chi connectivity index (χ1n) is 11.4. The zero-order valence-electron chi connectivity index (χ0n) is 18.3. The summed E-state index contributed by atoms with van der Waals surface area (Å²) in [6, 6.07) is 11.7. The van der Waals surface area contributed by atoms with Gasteiger partial charge in [-0.25, -0.2) is 0 Å². The maximum absolute atomic E-state index is 2.43. The smallest absolute Gasteiger partial charge is 0.104 e. The lowest BCUT2D eigenvalue weighted by atomic mass is 10.0. The molecule has 0 aliphatic heterocycles. The summed E-state index contributed by atoms with van der Waals surface area (Å²) in [4.78, 5) is 0. The number of quaternary nitrogens is 1. The van der Waals surface area contributed by atoms with Crippen LogP contribution in [0, 0.1) is 0 Å². The van der Waals surface area contributed by atoms with Crippen molar-refractivity contribution < 1.29 is 4.48 Å². The van der Waals surface area contributed by atoms with E-state index in [1.165, 1.54) is 89.0 Å². The number of nitrogens with zero attached hydrogens (tertiary/aromatic N) is 1. The van der Waals surface area contributed by atoms with E-state index >= 15 is 0 Å². The van der Waals surface area contributed by atoms with Gasteiger partial charge >= 0.3 is 0 Å². The number of benzene rings is 1. The van der Waals surface area contributed by atoms with Gasteiger partial charge in [0, 0.05) is 5.56 Å². The molecule has 150 valence electrons. The fourth-order valence-corrected chi connectivity index (χ4v) is 3.84. The predicted molar refractivity (Wildman–Crippen MR) is 117 cm³/mol. The highest BCUT2D eigenvalue weighted by Gasteiger charge is 2.23. The molecule has 0 saturated heterocycles. The zero-order valence-corrected chi connectivity index (χ0v) is 18.3. The van der Waals surface area contributed by atoms with Crippen LogP contribution in [0.1, 0.15) is 103 Å². The second-order valence-corrected chi connectivity index (χ2v) is 8.95. The quantitative estimate of drug-likeness (QED) is 0.209. The average Bonchev–Trinajstić information content (AvgIpc) is 2.63. The van der Waals surface area contributed by atoms with E-state index in [1.54, 1.807) is 0 Å². The van der Waals surface area contributed by atoms with Crippen LogP contribution >= 0.6 is 0 Å². The molecule has 0 radical (unpaired) electrons. The Hall–Kier alpha value is -0.820. The normalized spacial score (nSPS) is 13.1. The Labute approximate surface area is 164 Å². The first-order chi connectivity index (χ1) is 12.6. The van der Waals surface area contributed by atoms with Crippen molar-refractivity contribution in [3.63, 3.8) is 0 Å². The van der Waals surface area contributed by atoms with Gasteiger partial charge in [0.2, 0.25) is 0 Å². The Morgan fingerprint density at radius 3 is 1.65 bits per heavy atom. The molecule has 1 unspecified atom stereocenters. The molecular weight excluding hydrogens is 314 g/mol. The van der Waals surface area contributed by atoms with Crippen molar-refractivity contribution >= 4 is 0 Å². The van der Waals surface area contributed by atoms with E-state index in [9.17, 15) is 0 Å². The van der Waals surface area contributed by atoms with Crippen LogP contribution < -0.4 is 0 Å². The van der Waals surface area contributed by atoms with E-state index in [0.717, 1.165) is 17.1 Å². The van der Waals surface area contributed by atoms with Gasteiger partial charge in [-0.2, -0.15) is 0 Å². The Morgan fingerprint density at radius 1 is 0.692 bits per heavy atom. The highest BCUT2D eigenvalue weighted by molar-refractivity contribution is 5.13. The van der Waals surface area contributed by atoms with Gasteiger partial charge in [-0.3, -0.25) is 0 Å². The largest absolute Gasteiger partial charge is 0.323 e. The first-order valence-corrected chi connectivity index (χ1v) is 11.4. The molecule has 1 atom stereocenters. The van der Waals surface area contributed by atoms with Crippen LogP contribution in [0.2, 0.25) is 0 Å². The Kier molecular flexibility index (Phi) is 12.7. The fraction of sp³-hybridized carbons (Fsp3) is 0.760. The summed E-state index contributed by atoms with van der Waals surface area (Å²) in [5.41, 5.74) is 1.46. The topological polar surface area (TPSA) is 0 Å². The van der Waals surface area contributed by atoms with Crippen LogP contribution in [0.4, 0.5) is 0 Å². The molecule has 0 N–H and O–H groups in total.